The summed E-state index contributed by atoms with van der Waals surface area (Å²) < 4.78 is 45.8. The van der Waals surface area contributed by atoms with E-state index in [1.165, 1.54) is 0 Å². The summed E-state index contributed by atoms with van der Waals surface area (Å²) in [5, 5.41) is 0. The normalized spacial score (nSPS) is 34.7. The first-order valence-corrected chi connectivity index (χ1v) is 4.84. The zero-order valence-corrected chi connectivity index (χ0v) is 8.60. The number of hydrogen-bond acceptors (Lipinski definition) is 1. The van der Waals surface area contributed by atoms with E-state index in [2.05, 4.69) is 15.9 Å². The lowest BCUT2D eigenvalue weighted by Crippen LogP contribution is -2.13. The molecule has 1 aromatic rings. The summed E-state index contributed by atoms with van der Waals surface area (Å²) in [6.07, 6.45) is -4.18. The Morgan fingerprint density at radius 3 is 2.92 bits per heavy atom. The molecule has 0 unspecified atom stereocenters. The van der Waals surface area contributed by atoms with Crippen molar-refractivity contribution < 1.29 is 11.6 Å². The van der Waals surface area contributed by atoms with Gasteiger partial charge in [0.1, 0.15) is 0 Å². The Morgan fingerprint density at radius 2 is 2.23 bits per heavy atom. The molecular formula is C11H13BrO. The van der Waals surface area contributed by atoms with Crippen molar-refractivity contribution in [1.82, 2.24) is 0 Å². The zero-order chi connectivity index (χ0) is 13.6. The van der Waals surface area contributed by atoms with Gasteiger partial charge in [-0.05, 0) is 36.3 Å². The standard InChI is InChI=1S/C11H13BrO/c12-11-3-1-2-10(8-11)9-4-6-13-7-5-9/h1-3,8-9H,4-7H2/i4D2,5D2,9D. The molecule has 0 aromatic heterocycles. The molecule has 2 rings (SSSR count). The van der Waals surface area contributed by atoms with Crippen LogP contribution in [0.15, 0.2) is 28.7 Å². The summed E-state index contributed by atoms with van der Waals surface area (Å²) in [5.74, 6) is -1.98. The lowest BCUT2D eigenvalue weighted by Gasteiger charge is -2.22. The number of ether oxygens (including phenoxy) is 1. The number of halogens is 1. The molecule has 1 heterocycles. The Balaban J connectivity index is 2.60. The summed E-state index contributed by atoms with van der Waals surface area (Å²) in [6.45, 7) is -0.551. The summed E-state index contributed by atoms with van der Waals surface area (Å²) in [4.78, 5) is 0. The molecule has 1 aliphatic rings. The van der Waals surface area contributed by atoms with Gasteiger partial charge in [-0.25, -0.2) is 0 Å². The molecule has 1 fully saturated rings. The molecule has 1 aliphatic heterocycles. The number of benzene rings is 1. The second-order valence-corrected chi connectivity index (χ2v) is 3.65. The first-order valence-electron chi connectivity index (χ1n) is 6.54. The van der Waals surface area contributed by atoms with Crippen LogP contribution in [0.4, 0.5) is 0 Å². The van der Waals surface area contributed by atoms with Crippen LogP contribution in [0, 0.1) is 0 Å². The molecule has 70 valence electrons. The van der Waals surface area contributed by atoms with Gasteiger partial charge in [0.2, 0.25) is 0 Å². The topological polar surface area (TPSA) is 9.23 Å². The second kappa shape index (κ2) is 4.25. The molecule has 0 saturated carbocycles. The molecule has 0 spiro atoms. The van der Waals surface area contributed by atoms with Crippen molar-refractivity contribution in [2.75, 3.05) is 13.2 Å². The van der Waals surface area contributed by atoms with Gasteiger partial charge in [-0.2, -0.15) is 0 Å². The van der Waals surface area contributed by atoms with Crippen molar-refractivity contribution in [3.05, 3.63) is 34.3 Å². The Labute approximate surface area is 94.3 Å². The van der Waals surface area contributed by atoms with E-state index in [0.29, 0.717) is 10.0 Å². The van der Waals surface area contributed by atoms with E-state index in [1.807, 2.05) is 0 Å². The Morgan fingerprint density at radius 1 is 1.46 bits per heavy atom. The van der Waals surface area contributed by atoms with Gasteiger partial charge in [-0.15, -0.1) is 0 Å². The molecule has 0 amide bonds. The summed E-state index contributed by atoms with van der Waals surface area (Å²) in [6, 6.07) is 6.61. The van der Waals surface area contributed by atoms with Crippen LogP contribution in [-0.4, -0.2) is 13.2 Å². The minimum absolute atomic E-state index is 0.275. The van der Waals surface area contributed by atoms with Crippen molar-refractivity contribution in [3.63, 3.8) is 0 Å². The van der Waals surface area contributed by atoms with Crippen molar-refractivity contribution in [2.45, 2.75) is 18.6 Å². The van der Waals surface area contributed by atoms with E-state index in [0.717, 1.165) is 0 Å². The highest BCUT2D eigenvalue weighted by Gasteiger charge is 2.15. The molecule has 0 bridgehead atoms. The van der Waals surface area contributed by atoms with Crippen LogP contribution < -0.4 is 0 Å². The average molecular weight is 246 g/mol. The van der Waals surface area contributed by atoms with Crippen LogP contribution >= 0.6 is 15.9 Å². The molecule has 0 radical (unpaired) electrons. The molecule has 0 aliphatic carbocycles. The summed E-state index contributed by atoms with van der Waals surface area (Å²) in [7, 11) is 0. The van der Waals surface area contributed by atoms with Crippen LogP contribution in [0.5, 0.6) is 0 Å². The molecule has 1 saturated heterocycles. The second-order valence-electron chi connectivity index (χ2n) is 2.73. The number of rotatable bonds is 1. The zero-order valence-electron chi connectivity index (χ0n) is 12.0. The highest BCUT2D eigenvalue weighted by molar-refractivity contribution is 9.10. The van der Waals surface area contributed by atoms with Crippen molar-refractivity contribution >= 4 is 15.9 Å². The predicted octanol–water partition coefficient (Wildman–Crippen LogP) is 3.34. The van der Waals surface area contributed by atoms with E-state index in [1.54, 1.807) is 24.3 Å². The molecule has 1 nitrogen and oxygen atoms in total. The van der Waals surface area contributed by atoms with E-state index in [9.17, 15) is 0 Å². The molecule has 13 heavy (non-hydrogen) atoms. The van der Waals surface area contributed by atoms with Gasteiger partial charge in [0.05, 0.1) is 0 Å². The van der Waals surface area contributed by atoms with Crippen molar-refractivity contribution in [2.24, 2.45) is 0 Å². The van der Waals surface area contributed by atoms with Gasteiger partial charge in [-0.3, -0.25) is 0 Å². The first kappa shape index (κ1) is 4.94. The van der Waals surface area contributed by atoms with E-state index in [4.69, 9.17) is 11.6 Å². The molecule has 0 N–H and O–H groups in total. The SMILES string of the molecule is [2H]C1([2H])COCC([2H])([2H])C1([2H])c1cccc(Br)c1. The fourth-order valence-corrected chi connectivity index (χ4v) is 1.61. The molecule has 0 atom stereocenters. The quantitative estimate of drug-likeness (QED) is 0.738. The number of hydrogen-bond donors (Lipinski definition) is 0. The lowest BCUT2D eigenvalue weighted by atomic mass is 9.92. The fourth-order valence-electron chi connectivity index (χ4n) is 1.21. The van der Waals surface area contributed by atoms with Gasteiger partial charge >= 0.3 is 0 Å². The predicted molar refractivity (Wildman–Crippen MR) is 56.9 cm³/mol. The summed E-state index contributed by atoms with van der Waals surface area (Å²) >= 11 is 3.27. The maximum atomic E-state index is 8.41. The largest absolute Gasteiger partial charge is 0.381 e. The van der Waals surface area contributed by atoms with Crippen LogP contribution in [0.25, 0.3) is 0 Å². The Bertz CT molecular complexity index is 447. The lowest BCUT2D eigenvalue weighted by molar-refractivity contribution is 0.0853. The van der Waals surface area contributed by atoms with E-state index < -0.39 is 18.6 Å². The van der Waals surface area contributed by atoms with E-state index >= 15 is 0 Å². The maximum absolute atomic E-state index is 8.41. The molecule has 2 heteroatoms. The molecule has 1 aromatic carbocycles. The minimum Gasteiger partial charge on any atom is -0.381 e. The highest BCUT2D eigenvalue weighted by Crippen LogP contribution is 2.28. The van der Waals surface area contributed by atoms with Gasteiger partial charge in [-0.1, -0.05) is 28.1 Å². The van der Waals surface area contributed by atoms with Gasteiger partial charge < -0.3 is 4.74 Å². The van der Waals surface area contributed by atoms with Crippen LogP contribution in [0.2, 0.25) is 0 Å². The molecular weight excluding hydrogens is 228 g/mol. The Hall–Kier alpha value is -0.340. The smallest absolute Gasteiger partial charge is 0.0471 e. The van der Waals surface area contributed by atoms with Crippen molar-refractivity contribution in [3.8, 4) is 0 Å². The van der Waals surface area contributed by atoms with Gasteiger partial charge in [0.25, 0.3) is 0 Å². The third-order valence-electron chi connectivity index (χ3n) is 1.82. The van der Waals surface area contributed by atoms with Crippen LogP contribution in [0.3, 0.4) is 0 Å². The van der Waals surface area contributed by atoms with Crippen molar-refractivity contribution in [1.29, 1.82) is 0 Å². The van der Waals surface area contributed by atoms with E-state index in [-0.39, 0.29) is 13.2 Å². The van der Waals surface area contributed by atoms with Crippen LogP contribution in [-0.2, 0) is 4.74 Å². The average Bonchev–Trinajstić information content (AvgIpc) is 2.25. The first-order chi connectivity index (χ1) is 8.21. The summed E-state index contributed by atoms with van der Waals surface area (Å²) in [5.41, 5.74) is 0.315. The Kier molecular flexibility index (Phi) is 1.62. The fraction of sp³-hybridized carbons (Fsp3) is 0.455. The van der Waals surface area contributed by atoms with Crippen LogP contribution in [0.1, 0.15) is 31.1 Å². The third-order valence-corrected chi connectivity index (χ3v) is 2.31. The highest BCUT2D eigenvalue weighted by atomic mass is 79.9. The third kappa shape index (κ3) is 2.32. The minimum atomic E-state index is -2.09. The maximum Gasteiger partial charge on any atom is 0.0471 e. The van der Waals surface area contributed by atoms with Gasteiger partial charge in [0.15, 0.2) is 0 Å². The monoisotopic (exact) mass is 245 g/mol. The van der Waals surface area contributed by atoms with Gasteiger partial charge in [0, 0.05) is 24.5 Å².